The van der Waals surface area contributed by atoms with Crippen LogP contribution in [-0.4, -0.2) is 48.3 Å². The largest absolute Gasteiger partial charge is 0.416 e. The van der Waals surface area contributed by atoms with Crippen molar-refractivity contribution in [3.05, 3.63) is 35.4 Å². The van der Waals surface area contributed by atoms with Crippen LogP contribution in [0.1, 0.15) is 36.3 Å². The average Bonchev–Trinajstić information content (AvgIpc) is 2.51. The summed E-state index contributed by atoms with van der Waals surface area (Å²) in [5, 5.41) is 14.1. The smallest absolute Gasteiger partial charge is 0.389 e. The van der Waals surface area contributed by atoms with Crippen molar-refractivity contribution in [3.8, 4) is 0 Å². The van der Waals surface area contributed by atoms with Gasteiger partial charge in [-0.2, -0.15) is 13.2 Å². The predicted molar refractivity (Wildman–Crippen MR) is 96.8 cm³/mol. The van der Waals surface area contributed by atoms with Crippen molar-refractivity contribution in [2.24, 2.45) is 0 Å². The standard InChI is InChI=1S/C17H23F3N2O.2ClH/c18-17(19,20)14-4-1-3-13(11-14)15(16(23)5-2-6-16)12-22-9-7-21-8-10-22;;/h1,3-4,11,15,21,23H,2,5-10,12H2;2*1H. The van der Waals surface area contributed by atoms with Crippen molar-refractivity contribution in [3.63, 3.8) is 0 Å². The second kappa shape index (κ2) is 8.91. The van der Waals surface area contributed by atoms with Crippen molar-refractivity contribution >= 4 is 24.8 Å². The third-order valence-corrected chi connectivity index (χ3v) is 5.13. The summed E-state index contributed by atoms with van der Waals surface area (Å²) in [4.78, 5) is 2.23. The van der Waals surface area contributed by atoms with Crippen LogP contribution in [-0.2, 0) is 6.18 Å². The molecule has 1 saturated carbocycles. The first-order chi connectivity index (χ1) is 10.9. The van der Waals surface area contributed by atoms with Crippen LogP contribution >= 0.6 is 24.8 Å². The Kier molecular flexibility index (Phi) is 8.02. The van der Waals surface area contributed by atoms with Gasteiger partial charge in [0, 0.05) is 38.6 Å². The van der Waals surface area contributed by atoms with E-state index >= 15 is 0 Å². The van der Waals surface area contributed by atoms with Gasteiger partial charge in [0.15, 0.2) is 0 Å². The van der Waals surface area contributed by atoms with Gasteiger partial charge in [-0.1, -0.05) is 18.2 Å². The Hall–Kier alpha value is -0.530. The summed E-state index contributed by atoms with van der Waals surface area (Å²) in [5.41, 5.74) is -0.904. The first-order valence-electron chi connectivity index (χ1n) is 8.21. The fourth-order valence-corrected chi connectivity index (χ4v) is 3.56. The van der Waals surface area contributed by atoms with Crippen LogP contribution in [0.25, 0.3) is 0 Å². The van der Waals surface area contributed by atoms with Crippen molar-refractivity contribution in [2.75, 3.05) is 32.7 Å². The number of alkyl halides is 3. The molecule has 0 aromatic heterocycles. The van der Waals surface area contributed by atoms with Gasteiger partial charge in [-0.3, -0.25) is 0 Å². The molecule has 1 aliphatic carbocycles. The Morgan fingerprint density at radius 3 is 2.32 bits per heavy atom. The zero-order valence-corrected chi connectivity index (χ0v) is 15.5. The number of halogens is 5. The lowest BCUT2D eigenvalue weighted by Crippen LogP contribution is -2.51. The minimum Gasteiger partial charge on any atom is -0.389 e. The van der Waals surface area contributed by atoms with Gasteiger partial charge in [0.1, 0.15) is 0 Å². The van der Waals surface area contributed by atoms with E-state index in [1.807, 2.05) is 0 Å². The zero-order chi connectivity index (χ0) is 16.5. The van der Waals surface area contributed by atoms with Crippen LogP contribution in [0, 0.1) is 0 Å². The molecule has 1 aromatic carbocycles. The summed E-state index contributed by atoms with van der Waals surface area (Å²) >= 11 is 0. The van der Waals surface area contributed by atoms with Gasteiger partial charge in [0.05, 0.1) is 11.2 Å². The average molecular weight is 401 g/mol. The van der Waals surface area contributed by atoms with Gasteiger partial charge >= 0.3 is 6.18 Å². The summed E-state index contributed by atoms with van der Waals surface area (Å²) < 4.78 is 39.0. The second-order valence-electron chi connectivity index (χ2n) is 6.68. The highest BCUT2D eigenvalue weighted by Gasteiger charge is 2.44. The van der Waals surface area contributed by atoms with Crippen molar-refractivity contribution in [1.82, 2.24) is 10.2 Å². The van der Waals surface area contributed by atoms with E-state index in [0.29, 0.717) is 24.9 Å². The molecular weight excluding hydrogens is 376 g/mol. The molecular formula is C17H25Cl2F3N2O. The SMILES string of the molecule is Cl.Cl.OC1(C(CN2CCNCC2)c2cccc(C(F)(F)F)c2)CCC1. The topological polar surface area (TPSA) is 35.5 Å². The van der Waals surface area contributed by atoms with Gasteiger partial charge in [0.2, 0.25) is 0 Å². The number of hydrogen-bond acceptors (Lipinski definition) is 3. The molecule has 0 radical (unpaired) electrons. The highest BCUT2D eigenvalue weighted by atomic mass is 35.5. The molecule has 1 saturated heterocycles. The van der Waals surface area contributed by atoms with E-state index in [1.54, 1.807) is 6.07 Å². The molecule has 1 atom stereocenters. The van der Waals surface area contributed by atoms with Crippen LogP contribution < -0.4 is 5.32 Å². The van der Waals surface area contributed by atoms with Gasteiger partial charge in [-0.05, 0) is 30.9 Å². The Morgan fingerprint density at radius 1 is 1.16 bits per heavy atom. The number of hydrogen-bond donors (Lipinski definition) is 2. The third-order valence-electron chi connectivity index (χ3n) is 5.13. The number of benzene rings is 1. The highest BCUT2D eigenvalue weighted by molar-refractivity contribution is 5.85. The van der Waals surface area contributed by atoms with Crippen LogP contribution in [0.4, 0.5) is 13.2 Å². The van der Waals surface area contributed by atoms with Gasteiger partial charge < -0.3 is 15.3 Å². The molecule has 2 aliphatic rings. The Labute approximate surface area is 158 Å². The molecule has 25 heavy (non-hydrogen) atoms. The lowest BCUT2D eigenvalue weighted by atomic mass is 9.68. The lowest BCUT2D eigenvalue weighted by molar-refractivity contribution is -0.137. The summed E-state index contributed by atoms with van der Waals surface area (Å²) in [5.74, 6) is -0.267. The maximum Gasteiger partial charge on any atom is 0.416 e. The fraction of sp³-hybridized carbons (Fsp3) is 0.647. The molecule has 1 aliphatic heterocycles. The van der Waals surface area contributed by atoms with Crippen molar-refractivity contribution < 1.29 is 18.3 Å². The van der Waals surface area contributed by atoms with E-state index in [1.165, 1.54) is 12.1 Å². The van der Waals surface area contributed by atoms with E-state index in [0.717, 1.165) is 38.7 Å². The molecule has 0 spiro atoms. The molecule has 0 bridgehead atoms. The maximum absolute atomic E-state index is 13.0. The molecule has 3 nitrogen and oxygen atoms in total. The van der Waals surface area contributed by atoms with E-state index in [-0.39, 0.29) is 30.7 Å². The summed E-state index contributed by atoms with van der Waals surface area (Å²) in [6.45, 7) is 4.11. The predicted octanol–water partition coefficient (Wildman–Crippen LogP) is 3.45. The zero-order valence-electron chi connectivity index (χ0n) is 13.9. The highest BCUT2D eigenvalue weighted by Crippen LogP contribution is 2.44. The number of piperazine rings is 1. The minimum absolute atomic E-state index is 0. The van der Waals surface area contributed by atoms with Gasteiger partial charge in [-0.25, -0.2) is 0 Å². The van der Waals surface area contributed by atoms with Gasteiger partial charge in [0.25, 0.3) is 0 Å². The molecule has 0 amide bonds. The van der Waals surface area contributed by atoms with Crippen LogP contribution in [0.2, 0.25) is 0 Å². The molecule has 2 fully saturated rings. The molecule has 3 rings (SSSR count). The third kappa shape index (κ3) is 5.23. The van der Waals surface area contributed by atoms with Crippen molar-refractivity contribution in [1.29, 1.82) is 0 Å². The second-order valence-corrected chi connectivity index (χ2v) is 6.68. The van der Waals surface area contributed by atoms with E-state index in [9.17, 15) is 18.3 Å². The minimum atomic E-state index is -4.35. The summed E-state index contributed by atoms with van der Waals surface area (Å²) in [7, 11) is 0. The number of nitrogens with one attached hydrogen (secondary N) is 1. The Balaban J connectivity index is 0.00000156. The monoisotopic (exact) mass is 400 g/mol. The first kappa shape index (κ1) is 22.5. The van der Waals surface area contributed by atoms with E-state index < -0.39 is 17.3 Å². The summed E-state index contributed by atoms with van der Waals surface area (Å²) in [6, 6.07) is 5.47. The van der Waals surface area contributed by atoms with E-state index in [2.05, 4.69) is 10.2 Å². The number of nitrogens with zero attached hydrogens (tertiary/aromatic N) is 1. The van der Waals surface area contributed by atoms with Crippen molar-refractivity contribution in [2.45, 2.75) is 37.0 Å². The molecule has 2 N–H and O–H groups in total. The number of aliphatic hydroxyl groups is 1. The summed E-state index contributed by atoms with van der Waals surface area (Å²) in [6.07, 6.45) is -2.08. The molecule has 144 valence electrons. The van der Waals surface area contributed by atoms with Crippen LogP contribution in [0.5, 0.6) is 0 Å². The number of rotatable bonds is 4. The normalized spacial score (nSPS) is 21.4. The molecule has 8 heteroatoms. The van der Waals surface area contributed by atoms with E-state index in [4.69, 9.17) is 0 Å². The van der Waals surface area contributed by atoms with Gasteiger partial charge in [-0.15, -0.1) is 24.8 Å². The van der Waals surface area contributed by atoms with Crippen LogP contribution in [0.3, 0.4) is 0 Å². The Bertz CT molecular complexity index is 547. The fourth-order valence-electron chi connectivity index (χ4n) is 3.56. The Morgan fingerprint density at radius 2 is 1.80 bits per heavy atom. The molecule has 1 aromatic rings. The molecule has 1 unspecified atom stereocenters. The maximum atomic E-state index is 13.0. The molecule has 1 heterocycles. The quantitative estimate of drug-likeness (QED) is 0.812. The lowest BCUT2D eigenvalue weighted by Gasteiger charge is -2.46. The first-order valence-corrected chi connectivity index (χ1v) is 8.21. The van der Waals surface area contributed by atoms with Crippen LogP contribution in [0.15, 0.2) is 24.3 Å².